The number of nitrogens with one attached hydrogen (secondary N) is 1. The lowest BCUT2D eigenvalue weighted by atomic mass is 9.90. The van der Waals surface area contributed by atoms with Gasteiger partial charge in [0.05, 0.1) is 14.3 Å². The van der Waals surface area contributed by atoms with Crippen molar-refractivity contribution in [2.45, 2.75) is 32.1 Å². The summed E-state index contributed by atoms with van der Waals surface area (Å²) in [5.41, 5.74) is 6.15. The zero-order valence-electron chi connectivity index (χ0n) is 20.7. The second kappa shape index (κ2) is 12.5. The Morgan fingerprint density at radius 2 is 1.32 bits per heavy atom. The highest BCUT2D eigenvalue weighted by atomic mass is 127. The molecule has 0 radical (unpaired) electrons. The van der Waals surface area contributed by atoms with Gasteiger partial charge in [-0.2, -0.15) is 0 Å². The van der Waals surface area contributed by atoms with Crippen LogP contribution in [0.5, 0.6) is 17.2 Å². The van der Waals surface area contributed by atoms with Crippen LogP contribution in [0.4, 0.5) is 0 Å². The van der Waals surface area contributed by atoms with Gasteiger partial charge < -0.3 is 19.5 Å². The summed E-state index contributed by atoms with van der Waals surface area (Å²) >= 11 is 4.72. The third kappa shape index (κ3) is 6.59. The van der Waals surface area contributed by atoms with Crippen molar-refractivity contribution in [3.63, 3.8) is 0 Å². The fraction of sp³-hybridized carbons (Fsp3) is 0.226. The minimum atomic E-state index is 0.200. The predicted octanol–water partition coefficient (Wildman–Crippen LogP) is 7.49. The molecule has 0 spiro atoms. The molecule has 0 amide bonds. The van der Waals surface area contributed by atoms with Crippen LogP contribution in [0.15, 0.2) is 84.9 Å². The highest BCUT2D eigenvalue weighted by molar-refractivity contribution is 14.1. The first-order chi connectivity index (χ1) is 18.1. The molecule has 37 heavy (non-hydrogen) atoms. The Bertz CT molecular complexity index is 1320. The summed E-state index contributed by atoms with van der Waals surface area (Å²) < 4.78 is 20.5. The molecule has 0 aromatic heterocycles. The lowest BCUT2D eigenvalue weighted by molar-refractivity contribution is 0.254. The molecular weight excluding hydrogens is 688 g/mol. The summed E-state index contributed by atoms with van der Waals surface area (Å²) in [6.45, 7) is 1.93. The van der Waals surface area contributed by atoms with E-state index < -0.39 is 0 Å². The van der Waals surface area contributed by atoms with E-state index in [1.165, 1.54) is 16.7 Å². The molecule has 1 unspecified atom stereocenters. The number of ether oxygens (including phenoxy) is 3. The molecule has 0 aliphatic carbocycles. The molecule has 1 aliphatic heterocycles. The van der Waals surface area contributed by atoms with Gasteiger partial charge in [0.1, 0.15) is 19.0 Å². The van der Waals surface area contributed by atoms with Crippen molar-refractivity contribution in [1.29, 1.82) is 0 Å². The van der Waals surface area contributed by atoms with Crippen molar-refractivity contribution in [2.75, 3.05) is 13.7 Å². The van der Waals surface area contributed by atoms with Crippen LogP contribution in [-0.2, 0) is 26.1 Å². The summed E-state index contributed by atoms with van der Waals surface area (Å²) in [6.07, 6.45) is 1.86. The predicted molar refractivity (Wildman–Crippen MR) is 165 cm³/mol. The van der Waals surface area contributed by atoms with Crippen LogP contribution in [0.2, 0.25) is 0 Å². The van der Waals surface area contributed by atoms with E-state index in [4.69, 9.17) is 14.2 Å². The first-order valence-electron chi connectivity index (χ1n) is 12.4. The lowest BCUT2D eigenvalue weighted by Crippen LogP contribution is -2.31. The monoisotopic (exact) mass is 717 g/mol. The smallest absolute Gasteiger partial charge is 0.162 e. The van der Waals surface area contributed by atoms with E-state index in [-0.39, 0.29) is 6.04 Å². The second-order valence-corrected chi connectivity index (χ2v) is 11.4. The molecular formula is C31H29I2NO3. The van der Waals surface area contributed by atoms with E-state index in [0.717, 1.165) is 54.9 Å². The van der Waals surface area contributed by atoms with Crippen molar-refractivity contribution < 1.29 is 14.2 Å². The number of hydrogen-bond donors (Lipinski definition) is 1. The topological polar surface area (TPSA) is 39.7 Å². The molecule has 4 aromatic rings. The third-order valence-corrected chi connectivity index (χ3v) is 8.14. The van der Waals surface area contributed by atoms with Crippen LogP contribution in [-0.4, -0.2) is 13.7 Å². The highest BCUT2D eigenvalue weighted by Gasteiger charge is 2.24. The molecule has 1 aliphatic rings. The Morgan fingerprint density at radius 1 is 0.757 bits per heavy atom. The van der Waals surface area contributed by atoms with Crippen LogP contribution in [0.1, 0.15) is 33.9 Å². The number of rotatable bonds is 9. The Labute approximate surface area is 246 Å². The maximum Gasteiger partial charge on any atom is 0.162 e. The number of benzene rings is 4. The minimum Gasteiger partial charge on any atom is -0.495 e. The molecule has 0 bridgehead atoms. The van der Waals surface area contributed by atoms with Crippen molar-refractivity contribution in [1.82, 2.24) is 5.32 Å². The largest absolute Gasteiger partial charge is 0.495 e. The van der Waals surface area contributed by atoms with Crippen LogP contribution in [0.3, 0.4) is 0 Å². The normalized spacial score (nSPS) is 14.6. The van der Waals surface area contributed by atoms with E-state index in [1.54, 1.807) is 7.11 Å². The minimum absolute atomic E-state index is 0.200. The van der Waals surface area contributed by atoms with Gasteiger partial charge in [-0.05, 0) is 117 Å². The molecule has 190 valence electrons. The van der Waals surface area contributed by atoms with Gasteiger partial charge in [-0.3, -0.25) is 0 Å². The molecule has 0 saturated carbocycles. The molecule has 1 N–H and O–H groups in total. The Hall–Kier alpha value is -2.30. The van der Waals surface area contributed by atoms with Crippen LogP contribution < -0.4 is 19.5 Å². The number of methoxy groups -OCH3 is 1. The molecule has 5 rings (SSSR count). The summed E-state index contributed by atoms with van der Waals surface area (Å²) in [5.74, 6) is 2.53. The quantitative estimate of drug-likeness (QED) is 0.182. The Kier molecular flexibility index (Phi) is 8.89. The first-order valence-corrected chi connectivity index (χ1v) is 14.5. The van der Waals surface area contributed by atoms with Gasteiger partial charge in [0.15, 0.2) is 11.5 Å². The molecule has 6 heteroatoms. The average Bonchev–Trinajstić information content (AvgIpc) is 2.92. The third-order valence-electron chi connectivity index (χ3n) is 6.54. The summed E-state index contributed by atoms with van der Waals surface area (Å²) in [6, 6.07) is 29.6. The van der Waals surface area contributed by atoms with Gasteiger partial charge in [-0.25, -0.2) is 0 Å². The van der Waals surface area contributed by atoms with Crippen LogP contribution in [0.25, 0.3) is 0 Å². The lowest BCUT2D eigenvalue weighted by Gasteiger charge is -2.29. The number of halogens is 2. The van der Waals surface area contributed by atoms with E-state index in [0.29, 0.717) is 13.2 Å². The van der Waals surface area contributed by atoms with Crippen LogP contribution in [0, 0.1) is 7.14 Å². The Balaban J connectivity index is 1.44. The van der Waals surface area contributed by atoms with Gasteiger partial charge in [0, 0.05) is 6.04 Å². The van der Waals surface area contributed by atoms with Crippen molar-refractivity contribution in [2.24, 2.45) is 0 Å². The maximum atomic E-state index is 6.37. The number of hydrogen-bond acceptors (Lipinski definition) is 4. The van der Waals surface area contributed by atoms with Crippen LogP contribution >= 0.6 is 45.2 Å². The molecule has 1 atom stereocenters. The Morgan fingerprint density at radius 3 is 1.89 bits per heavy atom. The zero-order valence-corrected chi connectivity index (χ0v) is 25.0. The zero-order chi connectivity index (χ0) is 25.6. The fourth-order valence-corrected chi connectivity index (χ4v) is 7.03. The second-order valence-electron chi connectivity index (χ2n) is 9.10. The van der Waals surface area contributed by atoms with Gasteiger partial charge in [0.2, 0.25) is 0 Å². The SMILES string of the molecule is COc1c(I)cc(CC2NCCc3cc(OCc4ccccc4)c(OCc4ccccc4)cc32)cc1I. The van der Waals surface area contributed by atoms with Gasteiger partial charge in [-0.1, -0.05) is 60.7 Å². The van der Waals surface area contributed by atoms with E-state index in [1.807, 2.05) is 36.4 Å². The van der Waals surface area contributed by atoms with Crippen molar-refractivity contribution in [3.05, 3.63) is 120 Å². The molecule has 1 heterocycles. The standard InChI is InChI=1S/C31H29I2NO3/c1-35-31-26(32)14-23(15-27(31)33)16-28-25-18-30(37-20-22-10-6-3-7-11-22)29(17-24(25)12-13-34-28)36-19-21-8-4-2-5-9-21/h2-11,14-15,17-18,28,34H,12-13,16,19-20H2,1H3. The molecule has 4 nitrogen and oxygen atoms in total. The first kappa shape index (κ1) is 26.3. The van der Waals surface area contributed by atoms with Gasteiger partial charge in [-0.15, -0.1) is 0 Å². The molecule has 0 saturated heterocycles. The van der Waals surface area contributed by atoms with E-state index in [2.05, 4.69) is 99.0 Å². The van der Waals surface area contributed by atoms with Gasteiger partial charge in [0.25, 0.3) is 0 Å². The molecule has 0 fully saturated rings. The van der Waals surface area contributed by atoms with Crippen molar-refractivity contribution >= 4 is 45.2 Å². The number of fused-ring (bicyclic) bond motifs is 1. The average molecular weight is 717 g/mol. The molecule has 4 aromatic carbocycles. The fourth-order valence-electron chi connectivity index (χ4n) is 4.69. The maximum absolute atomic E-state index is 6.37. The summed E-state index contributed by atoms with van der Waals surface area (Å²) in [4.78, 5) is 0. The van der Waals surface area contributed by atoms with E-state index in [9.17, 15) is 0 Å². The van der Waals surface area contributed by atoms with Gasteiger partial charge >= 0.3 is 0 Å². The summed E-state index contributed by atoms with van der Waals surface area (Å²) in [5, 5.41) is 3.74. The highest BCUT2D eigenvalue weighted by Crippen LogP contribution is 2.38. The summed E-state index contributed by atoms with van der Waals surface area (Å²) in [7, 11) is 1.73. The van der Waals surface area contributed by atoms with Crippen molar-refractivity contribution in [3.8, 4) is 17.2 Å². The van der Waals surface area contributed by atoms with E-state index >= 15 is 0 Å².